The Morgan fingerprint density at radius 3 is 2.12 bits per heavy atom. The Morgan fingerprint density at radius 1 is 0.846 bits per heavy atom. The van der Waals surface area contributed by atoms with E-state index in [0.29, 0.717) is 26.2 Å². The minimum atomic E-state index is -1.11. The van der Waals surface area contributed by atoms with E-state index in [1.807, 2.05) is 4.90 Å². The number of nitrogens with one attached hydrogen (secondary N) is 1. The van der Waals surface area contributed by atoms with Gasteiger partial charge in [0, 0.05) is 43.6 Å². The molecule has 5 nitrogen and oxygen atoms in total. The van der Waals surface area contributed by atoms with Crippen molar-refractivity contribution in [2.75, 3.05) is 36.4 Å². The summed E-state index contributed by atoms with van der Waals surface area (Å²) in [6.07, 6.45) is 0. The van der Waals surface area contributed by atoms with E-state index in [0.717, 1.165) is 17.8 Å². The molecular formula is C18H16F3N3O2. The van der Waals surface area contributed by atoms with E-state index in [1.54, 1.807) is 12.1 Å². The number of carbonyl (C=O) groups is 2. The number of piperazine rings is 1. The fourth-order valence-electron chi connectivity index (χ4n) is 2.72. The van der Waals surface area contributed by atoms with Gasteiger partial charge in [0.1, 0.15) is 5.82 Å². The first-order chi connectivity index (χ1) is 12.4. The minimum Gasteiger partial charge on any atom is -0.368 e. The Morgan fingerprint density at radius 2 is 1.50 bits per heavy atom. The van der Waals surface area contributed by atoms with E-state index in [4.69, 9.17) is 0 Å². The molecule has 2 amide bonds. The smallest absolute Gasteiger partial charge is 0.313 e. The second kappa shape index (κ2) is 7.47. The second-order valence-corrected chi connectivity index (χ2v) is 5.84. The van der Waals surface area contributed by atoms with E-state index in [1.165, 1.54) is 23.1 Å². The summed E-state index contributed by atoms with van der Waals surface area (Å²) in [4.78, 5) is 27.6. The molecule has 1 aliphatic rings. The van der Waals surface area contributed by atoms with Crippen molar-refractivity contribution in [1.29, 1.82) is 0 Å². The van der Waals surface area contributed by atoms with Gasteiger partial charge in [-0.1, -0.05) is 0 Å². The lowest BCUT2D eigenvalue weighted by Gasteiger charge is -2.35. The van der Waals surface area contributed by atoms with E-state index < -0.39 is 23.4 Å². The molecule has 0 unspecified atom stereocenters. The van der Waals surface area contributed by atoms with Gasteiger partial charge in [0.05, 0.1) is 0 Å². The Bertz CT molecular complexity index is 819. The van der Waals surface area contributed by atoms with Crippen LogP contribution in [0.5, 0.6) is 0 Å². The average Bonchev–Trinajstić information content (AvgIpc) is 2.65. The van der Waals surface area contributed by atoms with E-state index in [2.05, 4.69) is 5.32 Å². The Labute approximate surface area is 148 Å². The molecule has 136 valence electrons. The zero-order chi connectivity index (χ0) is 18.7. The van der Waals surface area contributed by atoms with Crippen molar-refractivity contribution in [1.82, 2.24) is 4.90 Å². The van der Waals surface area contributed by atoms with E-state index in [-0.39, 0.29) is 11.5 Å². The predicted octanol–water partition coefficient (Wildman–Crippen LogP) is 2.39. The summed E-state index contributed by atoms with van der Waals surface area (Å²) < 4.78 is 39.0. The largest absolute Gasteiger partial charge is 0.368 e. The van der Waals surface area contributed by atoms with Crippen molar-refractivity contribution in [3.8, 4) is 0 Å². The van der Waals surface area contributed by atoms with Crippen LogP contribution in [0.2, 0.25) is 0 Å². The van der Waals surface area contributed by atoms with Crippen LogP contribution in [0, 0.1) is 17.5 Å². The fraction of sp³-hybridized carbons (Fsp3) is 0.222. The zero-order valence-corrected chi connectivity index (χ0v) is 13.7. The molecule has 0 aliphatic carbocycles. The molecule has 3 rings (SSSR count). The van der Waals surface area contributed by atoms with Crippen LogP contribution in [-0.4, -0.2) is 42.9 Å². The predicted molar refractivity (Wildman–Crippen MR) is 90.2 cm³/mol. The number of hydrogen-bond acceptors (Lipinski definition) is 3. The monoisotopic (exact) mass is 363 g/mol. The number of carbonyl (C=O) groups excluding carboxylic acids is 2. The first-order valence-corrected chi connectivity index (χ1v) is 8.00. The SMILES string of the molecule is O=C(Nc1ccc(F)c(F)c1)C(=O)N1CCN(c2ccc(F)cc2)CC1. The molecule has 1 fully saturated rings. The number of hydrogen-bond donors (Lipinski definition) is 1. The number of amides is 2. The van der Waals surface area contributed by atoms with Crippen LogP contribution in [0.15, 0.2) is 42.5 Å². The molecule has 1 N–H and O–H groups in total. The molecule has 2 aromatic rings. The first-order valence-electron chi connectivity index (χ1n) is 8.00. The Hall–Kier alpha value is -3.03. The highest BCUT2D eigenvalue weighted by Crippen LogP contribution is 2.17. The van der Waals surface area contributed by atoms with E-state index >= 15 is 0 Å². The number of rotatable bonds is 2. The minimum absolute atomic E-state index is 0.00666. The molecule has 1 aliphatic heterocycles. The molecule has 0 spiro atoms. The van der Waals surface area contributed by atoms with Crippen molar-refractivity contribution < 1.29 is 22.8 Å². The van der Waals surface area contributed by atoms with Gasteiger partial charge in [0.15, 0.2) is 11.6 Å². The maximum Gasteiger partial charge on any atom is 0.313 e. The molecule has 2 aromatic carbocycles. The Balaban J connectivity index is 1.56. The third kappa shape index (κ3) is 3.96. The molecule has 26 heavy (non-hydrogen) atoms. The maximum absolute atomic E-state index is 13.2. The zero-order valence-electron chi connectivity index (χ0n) is 13.7. The molecule has 1 heterocycles. The van der Waals surface area contributed by atoms with Gasteiger partial charge >= 0.3 is 11.8 Å². The summed E-state index contributed by atoms with van der Waals surface area (Å²) in [7, 11) is 0. The third-order valence-corrected chi connectivity index (χ3v) is 4.13. The summed E-state index contributed by atoms with van der Waals surface area (Å²) in [6, 6.07) is 8.90. The molecule has 0 atom stereocenters. The number of benzene rings is 2. The van der Waals surface area contributed by atoms with Crippen molar-refractivity contribution in [2.45, 2.75) is 0 Å². The lowest BCUT2D eigenvalue weighted by molar-refractivity contribution is -0.143. The Kier molecular flexibility index (Phi) is 5.11. The third-order valence-electron chi connectivity index (χ3n) is 4.13. The van der Waals surface area contributed by atoms with Crippen LogP contribution in [0.1, 0.15) is 0 Å². The molecule has 8 heteroatoms. The highest BCUT2D eigenvalue weighted by atomic mass is 19.2. The quantitative estimate of drug-likeness (QED) is 0.834. The highest BCUT2D eigenvalue weighted by Gasteiger charge is 2.26. The molecule has 0 saturated carbocycles. The maximum atomic E-state index is 13.2. The van der Waals surface area contributed by atoms with Crippen LogP contribution >= 0.6 is 0 Å². The summed E-state index contributed by atoms with van der Waals surface area (Å²) in [5, 5.41) is 2.26. The highest BCUT2D eigenvalue weighted by molar-refractivity contribution is 6.39. The lowest BCUT2D eigenvalue weighted by atomic mass is 10.2. The summed E-state index contributed by atoms with van der Waals surface area (Å²) >= 11 is 0. The summed E-state index contributed by atoms with van der Waals surface area (Å²) in [5.41, 5.74) is 0.844. The topological polar surface area (TPSA) is 52.7 Å². The average molecular weight is 363 g/mol. The van der Waals surface area contributed by atoms with Gasteiger partial charge in [-0.25, -0.2) is 13.2 Å². The van der Waals surface area contributed by atoms with Gasteiger partial charge in [-0.15, -0.1) is 0 Å². The van der Waals surface area contributed by atoms with Crippen LogP contribution < -0.4 is 10.2 Å². The van der Waals surface area contributed by atoms with Crippen molar-refractivity contribution in [2.24, 2.45) is 0 Å². The van der Waals surface area contributed by atoms with Crippen molar-refractivity contribution in [3.63, 3.8) is 0 Å². The number of halogens is 3. The van der Waals surface area contributed by atoms with Crippen LogP contribution in [0.25, 0.3) is 0 Å². The molecule has 0 radical (unpaired) electrons. The second-order valence-electron chi connectivity index (χ2n) is 5.84. The molecule has 0 bridgehead atoms. The van der Waals surface area contributed by atoms with Crippen LogP contribution in [-0.2, 0) is 9.59 Å². The first kappa shape index (κ1) is 17.8. The summed E-state index contributed by atoms with van der Waals surface area (Å²) in [5.74, 6) is -4.12. The van der Waals surface area contributed by atoms with Gasteiger partial charge in [0.2, 0.25) is 0 Å². The van der Waals surface area contributed by atoms with Gasteiger partial charge < -0.3 is 15.1 Å². The number of nitrogens with zero attached hydrogens (tertiary/aromatic N) is 2. The van der Waals surface area contributed by atoms with Gasteiger partial charge in [-0.05, 0) is 36.4 Å². The van der Waals surface area contributed by atoms with Crippen molar-refractivity contribution >= 4 is 23.2 Å². The van der Waals surface area contributed by atoms with Gasteiger partial charge in [-0.2, -0.15) is 0 Å². The standard InChI is InChI=1S/C18H16F3N3O2/c19-12-1-4-14(5-2-12)23-7-9-24(10-8-23)18(26)17(25)22-13-3-6-15(20)16(21)11-13/h1-6,11H,7-10H2,(H,22,25). The number of anilines is 2. The van der Waals surface area contributed by atoms with Crippen LogP contribution in [0.4, 0.5) is 24.5 Å². The van der Waals surface area contributed by atoms with Gasteiger partial charge in [-0.3, -0.25) is 9.59 Å². The van der Waals surface area contributed by atoms with Crippen molar-refractivity contribution in [3.05, 3.63) is 59.9 Å². The van der Waals surface area contributed by atoms with Gasteiger partial charge in [0.25, 0.3) is 0 Å². The van der Waals surface area contributed by atoms with E-state index in [9.17, 15) is 22.8 Å². The molecule has 1 saturated heterocycles. The normalized spacial score (nSPS) is 14.3. The molecule has 0 aromatic heterocycles. The fourth-order valence-corrected chi connectivity index (χ4v) is 2.72. The summed E-state index contributed by atoms with van der Waals surface area (Å²) in [6.45, 7) is 1.63. The van der Waals surface area contributed by atoms with Crippen LogP contribution in [0.3, 0.4) is 0 Å². The lowest BCUT2D eigenvalue weighted by Crippen LogP contribution is -2.51. The molecular weight excluding hydrogens is 347 g/mol.